The largest absolute Gasteiger partial charge is 0.481 e. The number of nitrogens with zero attached hydrogens (tertiary/aromatic N) is 1. The molecule has 0 aromatic heterocycles. The van der Waals surface area contributed by atoms with Crippen LogP contribution in [0.3, 0.4) is 0 Å². The molecule has 7 nitrogen and oxygen atoms in total. The molecule has 1 heterocycles. The maximum atomic E-state index is 11.3. The van der Waals surface area contributed by atoms with E-state index >= 15 is 0 Å². The van der Waals surface area contributed by atoms with Crippen molar-refractivity contribution in [3.05, 3.63) is 0 Å². The number of hydrazine groups is 1. The minimum absolute atomic E-state index is 0.230. The minimum Gasteiger partial charge on any atom is -0.481 e. The highest BCUT2D eigenvalue weighted by Crippen LogP contribution is 2.13. The van der Waals surface area contributed by atoms with Crippen molar-refractivity contribution in [2.24, 2.45) is 10.9 Å². The van der Waals surface area contributed by atoms with E-state index in [1.54, 1.807) is 20.8 Å². The number of carboxylic acid groups (broad SMARTS) is 1. The van der Waals surface area contributed by atoms with Gasteiger partial charge in [-0.3, -0.25) is 15.2 Å². The van der Waals surface area contributed by atoms with Crippen molar-refractivity contribution in [3.8, 4) is 0 Å². The summed E-state index contributed by atoms with van der Waals surface area (Å²) in [7, 11) is 0. The van der Waals surface area contributed by atoms with E-state index in [4.69, 9.17) is 9.84 Å². The number of carboxylic acids is 1. The number of carbonyl (C=O) groups excluding carboxylic acids is 1. The number of hydrogen-bond acceptors (Lipinski definition) is 5. The van der Waals surface area contributed by atoms with Crippen molar-refractivity contribution in [2.45, 2.75) is 39.2 Å². The fraction of sp³-hybridized carbons (Fsp3) is 0.727. The predicted molar refractivity (Wildman–Crippen MR) is 65.2 cm³/mol. The molecule has 1 amide bonds. The molecule has 0 aliphatic carbocycles. The van der Waals surface area contributed by atoms with Gasteiger partial charge in [-0.1, -0.05) is 0 Å². The molecule has 1 atom stereocenters. The van der Waals surface area contributed by atoms with Gasteiger partial charge in [0.2, 0.25) is 0 Å². The molecule has 0 saturated carbocycles. The van der Waals surface area contributed by atoms with E-state index in [0.29, 0.717) is 18.7 Å². The number of hydrogen-bond donors (Lipinski definition) is 3. The number of nitrogens with one attached hydrogen (secondary N) is 2. The molecule has 18 heavy (non-hydrogen) atoms. The fourth-order valence-corrected chi connectivity index (χ4v) is 1.43. The SMILES string of the molecule is CC(C)(C)OC(=O)NNC1=NCC(C(=O)O)CC1. The molecule has 7 heteroatoms. The van der Waals surface area contributed by atoms with E-state index in [1.165, 1.54) is 0 Å². The Morgan fingerprint density at radius 1 is 1.44 bits per heavy atom. The monoisotopic (exact) mass is 257 g/mol. The number of rotatable bonds is 1. The average Bonchev–Trinajstić information content (AvgIpc) is 2.24. The molecule has 0 saturated heterocycles. The van der Waals surface area contributed by atoms with Crippen LogP contribution in [0.5, 0.6) is 0 Å². The van der Waals surface area contributed by atoms with E-state index < -0.39 is 23.6 Å². The van der Waals surface area contributed by atoms with Crippen LogP contribution in [0.25, 0.3) is 0 Å². The summed E-state index contributed by atoms with van der Waals surface area (Å²) >= 11 is 0. The molecule has 3 N–H and O–H groups in total. The molecule has 1 aliphatic rings. The number of ether oxygens (including phenoxy) is 1. The van der Waals surface area contributed by atoms with Crippen LogP contribution < -0.4 is 10.9 Å². The van der Waals surface area contributed by atoms with Crippen LogP contribution in [0, 0.1) is 5.92 Å². The van der Waals surface area contributed by atoms with Gasteiger partial charge in [0.15, 0.2) is 0 Å². The smallest absolute Gasteiger partial charge is 0.426 e. The highest BCUT2D eigenvalue weighted by molar-refractivity contribution is 5.85. The molecule has 0 aromatic rings. The minimum atomic E-state index is -0.835. The van der Waals surface area contributed by atoms with Gasteiger partial charge < -0.3 is 9.84 Å². The molecular weight excluding hydrogens is 238 g/mol. The summed E-state index contributed by atoms with van der Waals surface area (Å²) in [6, 6.07) is 0. The molecule has 0 aromatic carbocycles. The zero-order chi connectivity index (χ0) is 13.8. The zero-order valence-electron chi connectivity index (χ0n) is 10.8. The Bertz CT molecular complexity index is 360. The van der Waals surface area contributed by atoms with Crippen LogP contribution in [0.15, 0.2) is 4.99 Å². The molecule has 0 radical (unpaired) electrons. The normalized spacial score (nSPS) is 19.7. The number of aliphatic carboxylic acids is 1. The summed E-state index contributed by atoms with van der Waals surface area (Å²) in [4.78, 5) is 26.1. The Labute approximate surface area is 106 Å². The van der Waals surface area contributed by atoms with Crippen molar-refractivity contribution < 1.29 is 19.4 Å². The van der Waals surface area contributed by atoms with E-state index in [2.05, 4.69) is 15.8 Å². The summed E-state index contributed by atoms with van der Waals surface area (Å²) in [5.41, 5.74) is 4.44. The van der Waals surface area contributed by atoms with Gasteiger partial charge in [0.1, 0.15) is 11.4 Å². The summed E-state index contributed by atoms with van der Waals surface area (Å²) < 4.78 is 5.03. The van der Waals surface area contributed by atoms with E-state index in [1.807, 2.05) is 0 Å². The van der Waals surface area contributed by atoms with Gasteiger partial charge in [-0.25, -0.2) is 10.2 Å². The Morgan fingerprint density at radius 3 is 2.56 bits per heavy atom. The zero-order valence-corrected chi connectivity index (χ0v) is 10.8. The number of aliphatic imine (C=N–C) groups is 1. The van der Waals surface area contributed by atoms with Crippen LogP contribution in [-0.4, -0.2) is 35.2 Å². The van der Waals surface area contributed by atoms with Gasteiger partial charge in [-0.15, -0.1) is 0 Å². The summed E-state index contributed by atoms with van der Waals surface area (Å²) in [6.07, 6.45) is 0.412. The summed E-state index contributed by atoms with van der Waals surface area (Å²) in [6.45, 7) is 5.53. The molecule has 102 valence electrons. The van der Waals surface area contributed by atoms with Gasteiger partial charge in [-0.05, 0) is 27.2 Å². The molecule has 1 rings (SSSR count). The maximum Gasteiger partial charge on any atom is 0.426 e. The third-order valence-corrected chi connectivity index (χ3v) is 2.29. The number of carbonyl (C=O) groups is 2. The summed E-state index contributed by atoms with van der Waals surface area (Å²) in [5.74, 6) is -0.701. The van der Waals surface area contributed by atoms with Crippen molar-refractivity contribution >= 4 is 17.9 Å². The number of amidine groups is 1. The van der Waals surface area contributed by atoms with Crippen molar-refractivity contribution in [2.75, 3.05) is 6.54 Å². The Hall–Kier alpha value is -1.79. The lowest BCUT2D eigenvalue weighted by molar-refractivity contribution is -0.141. The molecule has 0 bridgehead atoms. The fourth-order valence-electron chi connectivity index (χ4n) is 1.43. The number of amides is 1. The van der Waals surface area contributed by atoms with E-state index in [0.717, 1.165) is 0 Å². The van der Waals surface area contributed by atoms with Crippen molar-refractivity contribution in [1.29, 1.82) is 0 Å². The first-order valence-corrected chi connectivity index (χ1v) is 5.79. The molecule has 0 fully saturated rings. The quantitative estimate of drug-likeness (QED) is 0.606. The average molecular weight is 257 g/mol. The Morgan fingerprint density at radius 2 is 2.11 bits per heavy atom. The third-order valence-electron chi connectivity index (χ3n) is 2.29. The van der Waals surface area contributed by atoms with E-state index in [-0.39, 0.29) is 6.54 Å². The van der Waals surface area contributed by atoms with Gasteiger partial charge in [0.25, 0.3) is 0 Å². The predicted octanol–water partition coefficient (Wildman–Crippen LogP) is 0.909. The van der Waals surface area contributed by atoms with Crippen LogP contribution >= 0.6 is 0 Å². The highest BCUT2D eigenvalue weighted by atomic mass is 16.6. The van der Waals surface area contributed by atoms with Gasteiger partial charge in [0, 0.05) is 6.42 Å². The van der Waals surface area contributed by atoms with E-state index in [9.17, 15) is 9.59 Å². The Balaban J connectivity index is 2.33. The molecule has 1 aliphatic heterocycles. The van der Waals surface area contributed by atoms with Gasteiger partial charge in [-0.2, -0.15) is 0 Å². The molecule has 0 spiro atoms. The third kappa shape index (κ3) is 5.03. The molecular formula is C11H19N3O4. The van der Waals surface area contributed by atoms with Gasteiger partial charge in [0.05, 0.1) is 12.5 Å². The lowest BCUT2D eigenvalue weighted by Crippen LogP contribution is -2.45. The summed E-state index contributed by atoms with van der Waals surface area (Å²) in [5, 5.41) is 8.79. The topological polar surface area (TPSA) is 100 Å². The molecule has 1 unspecified atom stereocenters. The maximum absolute atomic E-state index is 11.3. The second-order valence-electron chi connectivity index (χ2n) is 5.11. The van der Waals surface area contributed by atoms with Crippen LogP contribution in [0.2, 0.25) is 0 Å². The lowest BCUT2D eigenvalue weighted by atomic mass is 10.0. The first-order valence-electron chi connectivity index (χ1n) is 5.79. The van der Waals surface area contributed by atoms with Gasteiger partial charge >= 0.3 is 12.1 Å². The first kappa shape index (κ1) is 14.3. The Kier molecular flexibility index (Phi) is 4.52. The lowest BCUT2D eigenvalue weighted by Gasteiger charge is -2.22. The highest BCUT2D eigenvalue weighted by Gasteiger charge is 2.22. The van der Waals surface area contributed by atoms with Crippen LogP contribution in [-0.2, 0) is 9.53 Å². The van der Waals surface area contributed by atoms with Crippen molar-refractivity contribution in [3.63, 3.8) is 0 Å². The second-order valence-corrected chi connectivity index (χ2v) is 5.11. The first-order chi connectivity index (χ1) is 8.28. The van der Waals surface area contributed by atoms with Crippen LogP contribution in [0.4, 0.5) is 4.79 Å². The second kappa shape index (κ2) is 5.70. The standard InChI is InChI=1S/C11H19N3O4/c1-11(2,3)18-10(17)14-13-8-5-4-7(6-12-8)9(15)16/h7H,4-6H2,1-3H3,(H,12,13)(H,14,17)(H,15,16). The van der Waals surface area contributed by atoms with Crippen LogP contribution in [0.1, 0.15) is 33.6 Å². The van der Waals surface area contributed by atoms with Crippen molar-refractivity contribution in [1.82, 2.24) is 10.9 Å².